The van der Waals surface area contributed by atoms with Crippen LogP contribution in [0.15, 0.2) is 66.7 Å². The number of carbonyl (C=O) groups is 4. The largest absolute Gasteiger partial charge is 0.414 e. The van der Waals surface area contributed by atoms with Gasteiger partial charge in [-0.05, 0) is 34.0 Å². The molecule has 5 amide bonds. The molecule has 2 heterocycles. The summed E-state index contributed by atoms with van der Waals surface area (Å²) in [7, 11) is 4.69. The second-order valence-electron chi connectivity index (χ2n) is 10.7. The summed E-state index contributed by atoms with van der Waals surface area (Å²) in [6.07, 6.45) is 4.72. The summed E-state index contributed by atoms with van der Waals surface area (Å²) in [4.78, 5) is 57.1. The Labute approximate surface area is 250 Å². The molecule has 0 radical (unpaired) electrons. The second-order valence-corrected chi connectivity index (χ2v) is 10.7. The minimum absolute atomic E-state index is 0.0354. The highest BCUT2D eigenvalue weighted by Crippen LogP contribution is 2.31. The topological polar surface area (TPSA) is 106 Å². The lowest BCUT2D eigenvalue weighted by Gasteiger charge is -2.46. The van der Waals surface area contributed by atoms with Gasteiger partial charge in [0.2, 0.25) is 11.8 Å². The normalized spacial score (nSPS) is 18.3. The maximum Gasteiger partial charge on any atom is 0.414 e. The van der Waals surface area contributed by atoms with Crippen molar-refractivity contribution in [1.82, 2.24) is 30.0 Å². The van der Waals surface area contributed by atoms with Crippen LogP contribution in [0.5, 0.6) is 5.75 Å². The summed E-state index contributed by atoms with van der Waals surface area (Å²) in [5, 5.41) is 7.70. The number of nitrogens with zero attached hydrogens (tertiary/aromatic N) is 5. The summed E-state index contributed by atoms with van der Waals surface area (Å²) in [6.45, 7) is 0.400. The molecule has 2 aliphatic heterocycles. The number of rotatable bonds is 7. The van der Waals surface area contributed by atoms with Gasteiger partial charge >= 0.3 is 12.1 Å². The molecule has 1 N–H and O–H groups in total. The van der Waals surface area contributed by atoms with Crippen molar-refractivity contribution in [2.75, 3.05) is 40.8 Å². The van der Waals surface area contributed by atoms with E-state index in [4.69, 9.17) is 11.2 Å². The first-order chi connectivity index (χ1) is 20.7. The van der Waals surface area contributed by atoms with Gasteiger partial charge in [0.05, 0.1) is 19.6 Å². The van der Waals surface area contributed by atoms with Crippen LogP contribution in [0.2, 0.25) is 0 Å². The highest BCUT2D eigenvalue weighted by molar-refractivity contribution is 5.92. The molecule has 0 bridgehead atoms. The van der Waals surface area contributed by atoms with Crippen molar-refractivity contribution in [3.05, 3.63) is 77.9 Å². The number of nitrogens with one attached hydrogen (secondary N) is 1. The standard InChI is InChI=1S/C32H34N6O5/c1-5-17-36(31(41)33-2)37-21-29(39)38-27(18-22-13-15-25(16-14-22)43-32(42)34(3)4)30(40)35(20-28(37)38)19-24-11-8-10-23-9-6-7-12-26(23)24/h1,6-16,27-28H,17-21H2,2-4H3,(H,33,41)/t27-,28+/m0/s1. The highest BCUT2D eigenvalue weighted by Gasteiger charge is 2.52. The highest BCUT2D eigenvalue weighted by atomic mass is 16.6. The molecule has 2 aliphatic rings. The number of hydrogen-bond acceptors (Lipinski definition) is 6. The predicted molar refractivity (Wildman–Crippen MR) is 160 cm³/mol. The van der Waals surface area contributed by atoms with Gasteiger partial charge in [-0.2, -0.15) is 5.01 Å². The molecule has 2 atom stereocenters. The van der Waals surface area contributed by atoms with E-state index in [0.717, 1.165) is 21.9 Å². The van der Waals surface area contributed by atoms with Gasteiger partial charge in [0, 0.05) is 34.1 Å². The molecule has 222 valence electrons. The molecule has 0 saturated carbocycles. The van der Waals surface area contributed by atoms with Crippen LogP contribution in [0.25, 0.3) is 10.8 Å². The Kier molecular flexibility index (Phi) is 8.50. The summed E-state index contributed by atoms with van der Waals surface area (Å²) in [5.74, 6) is 2.41. The van der Waals surface area contributed by atoms with E-state index >= 15 is 0 Å². The lowest BCUT2D eigenvalue weighted by molar-refractivity contribution is -0.157. The minimum Gasteiger partial charge on any atom is -0.410 e. The summed E-state index contributed by atoms with van der Waals surface area (Å²) < 4.78 is 5.32. The van der Waals surface area contributed by atoms with Gasteiger partial charge in [0.15, 0.2) is 0 Å². The van der Waals surface area contributed by atoms with Gasteiger partial charge in [-0.1, -0.05) is 60.5 Å². The van der Waals surface area contributed by atoms with Crippen molar-refractivity contribution in [2.45, 2.75) is 25.2 Å². The Morgan fingerprint density at radius 3 is 2.47 bits per heavy atom. The maximum atomic E-state index is 14.2. The fraction of sp³-hybridized carbons (Fsp3) is 0.312. The molecule has 0 aromatic heterocycles. The molecule has 0 unspecified atom stereocenters. The molecule has 0 spiro atoms. The van der Waals surface area contributed by atoms with E-state index < -0.39 is 24.3 Å². The number of urea groups is 1. The zero-order chi connectivity index (χ0) is 30.7. The fourth-order valence-electron chi connectivity index (χ4n) is 5.63. The lowest BCUT2D eigenvalue weighted by Crippen LogP contribution is -2.66. The number of amides is 5. The third-order valence-electron chi connectivity index (χ3n) is 7.73. The van der Waals surface area contributed by atoms with Gasteiger partial charge in [-0.3, -0.25) is 9.59 Å². The van der Waals surface area contributed by atoms with Crippen LogP contribution in [0.4, 0.5) is 9.59 Å². The number of carbonyl (C=O) groups excluding carboxylic acids is 4. The van der Waals surface area contributed by atoms with Crippen molar-refractivity contribution < 1.29 is 23.9 Å². The van der Waals surface area contributed by atoms with Crippen molar-refractivity contribution in [3.8, 4) is 18.1 Å². The average Bonchev–Trinajstić information content (AvgIpc) is 3.33. The quantitative estimate of drug-likeness (QED) is 0.430. The Morgan fingerprint density at radius 1 is 1.05 bits per heavy atom. The Morgan fingerprint density at radius 2 is 1.77 bits per heavy atom. The van der Waals surface area contributed by atoms with E-state index in [1.54, 1.807) is 53.2 Å². The van der Waals surface area contributed by atoms with E-state index in [2.05, 4.69) is 11.2 Å². The van der Waals surface area contributed by atoms with E-state index in [1.165, 1.54) is 17.0 Å². The number of fused-ring (bicyclic) bond motifs is 2. The first-order valence-electron chi connectivity index (χ1n) is 14.0. The van der Waals surface area contributed by atoms with Crippen molar-refractivity contribution in [3.63, 3.8) is 0 Å². The molecule has 5 rings (SSSR count). The van der Waals surface area contributed by atoms with Gasteiger partial charge in [-0.25, -0.2) is 14.6 Å². The van der Waals surface area contributed by atoms with E-state index in [9.17, 15) is 19.2 Å². The third kappa shape index (κ3) is 5.96. The molecule has 0 aliphatic carbocycles. The molecular formula is C32H34N6O5. The van der Waals surface area contributed by atoms with E-state index in [1.807, 2.05) is 42.5 Å². The van der Waals surface area contributed by atoms with Crippen molar-refractivity contribution in [2.24, 2.45) is 0 Å². The van der Waals surface area contributed by atoms with Gasteiger partial charge < -0.3 is 24.8 Å². The van der Waals surface area contributed by atoms with Crippen LogP contribution in [-0.2, 0) is 22.6 Å². The number of terminal acetylenes is 1. The number of ether oxygens (including phenoxy) is 1. The third-order valence-corrected chi connectivity index (χ3v) is 7.73. The minimum atomic E-state index is -0.821. The number of hydrazine groups is 1. The summed E-state index contributed by atoms with van der Waals surface area (Å²) in [5.41, 5.74) is 1.76. The molecule has 2 saturated heterocycles. The average molecular weight is 583 g/mol. The number of benzene rings is 3. The van der Waals surface area contributed by atoms with Crippen LogP contribution in [0.1, 0.15) is 11.1 Å². The molecule has 11 nitrogen and oxygen atoms in total. The molecule has 11 heteroatoms. The number of piperazine rings is 1. The zero-order valence-corrected chi connectivity index (χ0v) is 24.4. The maximum absolute atomic E-state index is 14.2. The zero-order valence-electron chi connectivity index (χ0n) is 24.4. The molecule has 43 heavy (non-hydrogen) atoms. The fourth-order valence-corrected chi connectivity index (χ4v) is 5.63. The predicted octanol–water partition coefficient (Wildman–Crippen LogP) is 2.51. The Bertz CT molecular complexity index is 1580. The monoisotopic (exact) mass is 582 g/mol. The van der Waals surface area contributed by atoms with Gasteiger partial charge in [0.25, 0.3) is 0 Å². The summed E-state index contributed by atoms with van der Waals surface area (Å²) >= 11 is 0. The Balaban J connectivity index is 1.48. The van der Waals surface area contributed by atoms with Crippen LogP contribution < -0.4 is 10.1 Å². The number of hydrogen-bond donors (Lipinski definition) is 1. The van der Waals surface area contributed by atoms with Crippen LogP contribution in [0, 0.1) is 12.3 Å². The molecular weight excluding hydrogens is 548 g/mol. The van der Waals surface area contributed by atoms with Gasteiger partial charge in [-0.15, -0.1) is 6.42 Å². The molecule has 3 aromatic carbocycles. The molecule has 2 fully saturated rings. The van der Waals surface area contributed by atoms with Crippen LogP contribution in [0.3, 0.4) is 0 Å². The van der Waals surface area contributed by atoms with Crippen LogP contribution in [-0.4, -0.2) is 102 Å². The molecule has 3 aromatic rings. The first kappa shape index (κ1) is 29.4. The second kappa shape index (κ2) is 12.4. The Hall–Kier alpha value is -5.08. The lowest BCUT2D eigenvalue weighted by atomic mass is 9.99. The smallest absolute Gasteiger partial charge is 0.410 e. The van der Waals surface area contributed by atoms with Gasteiger partial charge in [0.1, 0.15) is 18.0 Å². The van der Waals surface area contributed by atoms with Crippen molar-refractivity contribution in [1.29, 1.82) is 0 Å². The van der Waals surface area contributed by atoms with E-state index in [0.29, 0.717) is 12.3 Å². The summed E-state index contributed by atoms with van der Waals surface area (Å²) in [6, 6.07) is 19.6. The van der Waals surface area contributed by atoms with Crippen LogP contribution >= 0.6 is 0 Å². The SMILES string of the molecule is C#CCN(C(=O)NC)N1CC(=O)N2[C@@H](Cc3ccc(OC(=O)N(C)C)cc3)C(=O)N(Cc3cccc4ccccc34)C[C@@H]21. The van der Waals surface area contributed by atoms with Crippen molar-refractivity contribution >= 4 is 34.7 Å². The first-order valence-corrected chi connectivity index (χ1v) is 14.0. The van der Waals surface area contributed by atoms with E-state index in [-0.39, 0.29) is 37.9 Å².